The SMILES string of the molecule is CCC(=O)Nc1ccc(NC(=O)c2cccnc2)cn1. The second-order valence-electron chi connectivity index (χ2n) is 4.03. The number of pyridine rings is 2. The van der Waals surface area contributed by atoms with Crippen molar-refractivity contribution in [2.45, 2.75) is 13.3 Å². The van der Waals surface area contributed by atoms with E-state index in [0.717, 1.165) is 0 Å². The van der Waals surface area contributed by atoms with Crippen LogP contribution in [0, 0.1) is 0 Å². The van der Waals surface area contributed by atoms with Gasteiger partial charge in [0, 0.05) is 18.8 Å². The van der Waals surface area contributed by atoms with Crippen LogP contribution in [0.2, 0.25) is 0 Å². The Morgan fingerprint density at radius 1 is 1.15 bits per heavy atom. The lowest BCUT2D eigenvalue weighted by Crippen LogP contribution is -2.13. The Morgan fingerprint density at radius 2 is 2.00 bits per heavy atom. The number of nitrogens with one attached hydrogen (secondary N) is 2. The van der Waals surface area contributed by atoms with Gasteiger partial charge in [-0.15, -0.1) is 0 Å². The molecule has 0 radical (unpaired) electrons. The summed E-state index contributed by atoms with van der Waals surface area (Å²) in [5, 5.41) is 5.33. The Labute approximate surface area is 116 Å². The fourth-order valence-electron chi connectivity index (χ4n) is 1.47. The van der Waals surface area contributed by atoms with Crippen LogP contribution in [-0.2, 0) is 4.79 Å². The Morgan fingerprint density at radius 3 is 2.60 bits per heavy atom. The molecule has 0 aliphatic carbocycles. The van der Waals surface area contributed by atoms with Crippen molar-refractivity contribution in [1.29, 1.82) is 0 Å². The lowest BCUT2D eigenvalue weighted by molar-refractivity contribution is -0.115. The predicted octanol–water partition coefficient (Wildman–Crippen LogP) is 2.08. The normalized spacial score (nSPS) is 9.85. The number of hydrogen-bond acceptors (Lipinski definition) is 4. The number of carbonyl (C=O) groups excluding carboxylic acids is 2. The Bertz CT molecular complexity index is 596. The number of nitrogens with zero attached hydrogens (tertiary/aromatic N) is 2. The van der Waals surface area contributed by atoms with Gasteiger partial charge in [-0.1, -0.05) is 6.92 Å². The Balaban J connectivity index is 2.00. The predicted molar refractivity (Wildman–Crippen MR) is 75.3 cm³/mol. The number of carbonyl (C=O) groups is 2. The first-order valence-electron chi connectivity index (χ1n) is 6.16. The molecular weight excluding hydrogens is 256 g/mol. The van der Waals surface area contributed by atoms with Gasteiger partial charge in [0.05, 0.1) is 17.4 Å². The average molecular weight is 270 g/mol. The van der Waals surface area contributed by atoms with Crippen LogP contribution in [0.4, 0.5) is 11.5 Å². The number of hydrogen-bond donors (Lipinski definition) is 2. The second kappa shape index (κ2) is 6.42. The van der Waals surface area contributed by atoms with Crippen LogP contribution >= 0.6 is 0 Å². The van der Waals surface area contributed by atoms with E-state index in [9.17, 15) is 9.59 Å². The largest absolute Gasteiger partial charge is 0.321 e. The van der Waals surface area contributed by atoms with Crippen LogP contribution in [-0.4, -0.2) is 21.8 Å². The summed E-state index contributed by atoms with van der Waals surface area (Å²) in [4.78, 5) is 31.0. The van der Waals surface area contributed by atoms with Crippen molar-refractivity contribution < 1.29 is 9.59 Å². The van der Waals surface area contributed by atoms with Crippen molar-refractivity contribution in [3.05, 3.63) is 48.4 Å². The van der Waals surface area contributed by atoms with E-state index in [0.29, 0.717) is 23.5 Å². The minimum Gasteiger partial charge on any atom is -0.321 e. The van der Waals surface area contributed by atoms with Crippen LogP contribution in [0.25, 0.3) is 0 Å². The number of rotatable bonds is 4. The van der Waals surface area contributed by atoms with Gasteiger partial charge >= 0.3 is 0 Å². The maximum absolute atomic E-state index is 11.9. The third kappa shape index (κ3) is 3.61. The summed E-state index contributed by atoms with van der Waals surface area (Å²) in [7, 11) is 0. The summed E-state index contributed by atoms with van der Waals surface area (Å²) < 4.78 is 0. The molecule has 0 unspecified atom stereocenters. The molecule has 2 rings (SSSR count). The molecule has 20 heavy (non-hydrogen) atoms. The third-order valence-corrected chi connectivity index (χ3v) is 2.53. The summed E-state index contributed by atoms with van der Waals surface area (Å²) in [6.45, 7) is 1.76. The van der Waals surface area contributed by atoms with E-state index in [1.165, 1.54) is 12.4 Å². The Kier molecular flexibility index (Phi) is 4.39. The first-order valence-corrected chi connectivity index (χ1v) is 6.16. The fourth-order valence-corrected chi connectivity index (χ4v) is 1.47. The topological polar surface area (TPSA) is 84.0 Å². The molecule has 0 saturated heterocycles. The van der Waals surface area contributed by atoms with Crippen LogP contribution in [0.1, 0.15) is 23.7 Å². The summed E-state index contributed by atoms with van der Waals surface area (Å²) in [5.74, 6) is 0.0890. The number of amides is 2. The van der Waals surface area contributed by atoms with E-state index in [1.807, 2.05) is 0 Å². The fraction of sp³-hybridized carbons (Fsp3) is 0.143. The van der Waals surface area contributed by atoms with Gasteiger partial charge in [0.2, 0.25) is 5.91 Å². The first-order chi connectivity index (χ1) is 9.69. The van der Waals surface area contributed by atoms with Crippen LogP contribution in [0.15, 0.2) is 42.9 Å². The minimum atomic E-state index is -0.259. The summed E-state index contributed by atoms with van der Waals surface area (Å²) in [5.41, 5.74) is 1.02. The molecule has 2 N–H and O–H groups in total. The van der Waals surface area contributed by atoms with E-state index in [4.69, 9.17) is 0 Å². The van der Waals surface area contributed by atoms with Crippen molar-refractivity contribution in [3.8, 4) is 0 Å². The third-order valence-electron chi connectivity index (χ3n) is 2.53. The molecule has 0 spiro atoms. The molecule has 6 heteroatoms. The summed E-state index contributed by atoms with van der Waals surface area (Å²) in [6.07, 6.45) is 4.96. The quantitative estimate of drug-likeness (QED) is 0.890. The number of anilines is 2. The molecule has 0 saturated carbocycles. The molecule has 102 valence electrons. The first kappa shape index (κ1) is 13.7. The second-order valence-corrected chi connectivity index (χ2v) is 4.03. The zero-order chi connectivity index (χ0) is 14.4. The van der Waals surface area contributed by atoms with Gasteiger partial charge in [-0.3, -0.25) is 14.6 Å². The highest BCUT2D eigenvalue weighted by atomic mass is 16.2. The molecule has 0 aromatic carbocycles. The molecule has 2 heterocycles. The van der Waals surface area contributed by atoms with E-state index in [-0.39, 0.29) is 11.8 Å². The maximum atomic E-state index is 11.9. The lowest BCUT2D eigenvalue weighted by Gasteiger charge is -2.06. The zero-order valence-electron chi connectivity index (χ0n) is 11.0. The van der Waals surface area contributed by atoms with Gasteiger partial charge in [-0.2, -0.15) is 0 Å². The van der Waals surface area contributed by atoms with E-state index in [2.05, 4.69) is 20.6 Å². The van der Waals surface area contributed by atoms with Crippen molar-refractivity contribution in [1.82, 2.24) is 9.97 Å². The van der Waals surface area contributed by atoms with Gasteiger partial charge in [-0.25, -0.2) is 4.98 Å². The summed E-state index contributed by atoms with van der Waals surface area (Å²) >= 11 is 0. The van der Waals surface area contributed by atoms with E-state index >= 15 is 0 Å². The highest BCUT2D eigenvalue weighted by Gasteiger charge is 2.06. The smallest absolute Gasteiger partial charge is 0.257 e. The van der Waals surface area contributed by atoms with Crippen molar-refractivity contribution in [2.24, 2.45) is 0 Å². The molecule has 0 aliphatic rings. The zero-order valence-corrected chi connectivity index (χ0v) is 11.0. The van der Waals surface area contributed by atoms with Crippen LogP contribution < -0.4 is 10.6 Å². The van der Waals surface area contributed by atoms with Gasteiger partial charge in [0.1, 0.15) is 5.82 Å². The lowest BCUT2D eigenvalue weighted by atomic mass is 10.2. The van der Waals surface area contributed by atoms with Gasteiger partial charge < -0.3 is 10.6 Å². The maximum Gasteiger partial charge on any atom is 0.257 e. The molecule has 2 aromatic rings. The number of aromatic nitrogens is 2. The van der Waals surface area contributed by atoms with Crippen molar-refractivity contribution >= 4 is 23.3 Å². The highest BCUT2D eigenvalue weighted by molar-refractivity contribution is 6.04. The standard InChI is InChI=1S/C14H14N4O2/c1-2-13(19)18-12-6-5-11(9-16-12)17-14(20)10-4-3-7-15-8-10/h3-9H,2H2,1H3,(H,17,20)(H,16,18,19). The average Bonchev–Trinajstić information content (AvgIpc) is 2.50. The molecule has 0 bridgehead atoms. The highest BCUT2D eigenvalue weighted by Crippen LogP contribution is 2.11. The van der Waals surface area contributed by atoms with E-state index < -0.39 is 0 Å². The molecule has 0 fully saturated rings. The van der Waals surface area contributed by atoms with Crippen molar-refractivity contribution in [3.63, 3.8) is 0 Å². The summed E-state index contributed by atoms with van der Waals surface area (Å²) in [6, 6.07) is 6.67. The van der Waals surface area contributed by atoms with Crippen LogP contribution in [0.3, 0.4) is 0 Å². The van der Waals surface area contributed by atoms with Gasteiger partial charge in [-0.05, 0) is 24.3 Å². The minimum absolute atomic E-state index is 0.107. The van der Waals surface area contributed by atoms with Crippen molar-refractivity contribution in [2.75, 3.05) is 10.6 Å². The Hall–Kier alpha value is -2.76. The molecule has 2 aromatic heterocycles. The molecule has 0 atom stereocenters. The van der Waals surface area contributed by atoms with Gasteiger partial charge in [0.15, 0.2) is 0 Å². The molecule has 0 aliphatic heterocycles. The molecule has 6 nitrogen and oxygen atoms in total. The molecular formula is C14H14N4O2. The van der Waals surface area contributed by atoms with E-state index in [1.54, 1.807) is 37.4 Å². The molecule has 2 amide bonds. The van der Waals surface area contributed by atoms with Crippen LogP contribution in [0.5, 0.6) is 0 Å². The monoisotopic (exact) mass is 270 g/mol. The van der Waals surface area contributed by atoms with Gasteiger partial charge in [0.25, 0.3) is 5.91 Å².